The standard InChI is InChI=1S/C21H25ClN4O3/c22-16-1-3-18(4-2-16)29-14-20(28)25-9-5-21(6-10-25)11-17(27)13-26(15-21)19-12-23-7-8-24-19/h1-4,7-8,12,17,27H,5-6,9-11,13-15H2. The maximum atomic E-state index is 12.6. The lowest BCUT2D eigenvalue weighted by atomic mass is 9.71. The molecular weight excluding hydrogens is 392 g/mol. The van der Waals surface area contributed by atoms with Gasteiger partial charge in [0, 0.05) is 43.6 Å². The Morgan fingerprint density at radius 3 is 2.69 bits per heavy atom. The molecule has 2 saturated heterocycles. The fraction of sp³-hybridized carbons (Fsp3) is 0.476. The van der Waals surface area contributed by atoms with Gasteiger partial charge in [-0.15, -0.1) is 0 Å². The van der Waals surface area contributed by atoms with Crippen LogP contribution in [0.25, 0.3) is 0 Å². The second-order valence-electron chi connectivity index (χ2n) is 7.93. The Bertz CT molecular complexity index is 826. The number of β-amino-alcohol motifs (C(OH)–C–C–N with tert-alkyl or cyclic N) is 1. The van der Waals surface area contributed by atoms with Crippen molar-refractivity contribution >= 4 is 23.3 Å². The molecule has 1 aromatic carbocycles. The third-order valence-corrected chi connectivity index (χ3v) is 6.10. The highest BCUT2D eigenvalue weighted by Crippen LogP contribution is 2.40. The fourth-order valence-corrected chi connectivity index (χ4v) is 4.47. The van der Waals surface area contributed by atoms with Crippen molar-refractivity contribution in [3.8, 4) is 5.75 Å². The summed E-state index contributed by atoms with van der Waals surface area (Å²) in [6.07, 6.45) is 7.12. The van der Waals surface area contributed by atoms with Crippen LogP contribution in [0.1, 0.15) is 19.3 Å². The number of hydrogen-bond acceptors (Lipinski definition) is 6. The van der Waals surface area contributed by atoms with Crippen LogP contribution in [0.2, 0.25) is 5.02 Å². The maximum absolute atomic E-state index is 12.6. The number of halogens is 1. The predicted octanol–water partition coefficient (Wildman–Crippen LogP) is 2.39. The number of anilines is 1. The third-order valence-electron chi connectivity index (χ3n) is 5.85. The number of aliphatic hydroxyl groups is 1. The van der Waals surface area contributed by atoms with Crippen LogP contribution in [-0.4, -0.2) is 64.8 Å². The second kappa shape index (κ2) is 8.55. The molecule has 1 N–H and O–H groups in total. The molecule has 1 unspecified atom stereocenters. The SMILES string of the molecule is O=C(COc1ccc(Cl)cc1)N1CCC2(CC1)CC(O)CN(c1cnccn1)C2. The van der Waals surface area contributed by atoms with Crippen molar-refractivity contribution in [1.29, 1.82) is 0 Å². The molecule has 0 bridgehead atoms. The quantitative estimate of drug-likeness (QED) is 0.824. The van der Waals surface area contributed by atoms with E-state index in [0.29, 0.717) is 30.4 Å². The number of ether oxygens (including phenoxy) is 1. The van der Waals surface area contributed by atoms with E-state index in [1.165, 1.54) is 0 Å². The van der Waals surface area contributed by atoms with Crippen molar-refractivity contribution in [3.63, 3.8) is 0 Å². The van der Waals surface area contributed by atoms with E-state index in [1.54, 1.807) is 42.9 Å². The summed E-state index contributed by atoms with van der Waals surface area (Å²) in [5, 5.41) is 11.1. The Morgan fingerprint density at radius 2 is 2.00 bits per heavy atom. The zero-order chi connectivity index (χ0) is 20.3. The normalized spacial score (nSPS) is 21.2. The molecule has 0 saturated carbocycles. The second-order valence-corrected chi connectivity index (χ2v) is 8.36. The molecule has 2 fully saturated rings. The summed E-state index contributed by atoms with van der Waals surface area (Å²) < 4.78 is 5.59. The van der Waals surface area contributed by atoms with E-state index in [4.69, 9.17) is 16.3 Å². The average molecular weight is 417 g/mol. The maximum Gasteiger partial charge on any atom is 0.260 e. The molecule has 3 heterocycles. The highest BCUT2D eigenvalue weighted by Gasteiger charge is 2.42. The number of rotatable bonds is 4. The number of aromatic nitrogens is 2. The van der Waals surface area contributed by atoms with E-state index in [2.05, 4.69) is 14.9 Å². The monoisotopic (exact) mass is 416 g/mol. The summed E-state index contributed by atoms with van der Waals surface area (Å²) in [4.78, 5) is 25.0. The minimum atomic E-state index is -0.402. The largest absolute Gasteiger partial charge is 0.484 e. The van der Waals surface area contributed by atoms with Crippen LogP contribution in [-0.2, 0) is 4.79 Å². The lowest BCUT2D eigenvalue weighted by Gasteiger charge is -2.49. The smallest absolute Gasteiger partial charge is 0.260 e. The van der Waals surface area contributed by atoms with Crippen molar-refractivity contribution in [3.05, 3.63) is 47.9 Å². The third kappa shape index (κ3) is 4.79. The Hall–Kier alpha value is -2.38. The summed E-state index contributed by atoms with van der Waals surface area (Å²) >= 11 is 5.87. The van der Waals surface area contributed by atoms with E-state index >= 15 is 0 Å². The first-order valence-corrected chi connectivity index (χ1v) is 10.3. The number of aliphatic hydroxyl groups excluding tert-OH is 1. The molecule has 2 aliphatic heterocycles. The summed E-state index contributed by atoms with van der Waals surface area (Å²) in [6.45, 7) is 2.75. The number of likely N-dealkylation sites (tertiary alicyclic amines) is 1. The molecule has 1 spiro atoms. The number of carbonyl (C=O) groups excluding carboxylic acids is 1. The van der Waals surface area contributed by atoms with Gasteiger partial charge in [-0.25, -0.2) is 4.98 Å². The van der Waals surface area contributed by atoms with Gasteiger partial charge in [0.15, 0.2) is 6.61 Å². The molecule has 2 aromatic rings. The van der Waals surface area contributed by atoms with Gasteiger partial charge in [0.25, 0.3) is 5.91 Å². The van der Waals surface area contributed by atoms with Gasteiger partial charge in [-0.2, -0.15) is 0 Å². The Kier molecular flexibility index (Phi) is 5.87. The van der Waals surface area contributed by atoms with Gasteiger partial charge in [-0.3, -0.25) is 9.78 Å². The molecule has 7 nitrogen and oxygen atoms in total. The molecule has 0 radical (unpaired) electrons. The van der Waals surface area contributed by atoms with Crippen molar-refractivity contribution in [1.82, 2.24) is 14.9 Å². The molecule has 8 heteroatoms. The number of carbonyl (C=O) groups is 1. The van der Waals surface area contributed by atoms with Crippen molar-refractivity contribution in [2.75, 3.05) is 37.7 Å². The van der Waals surface area contributed by atoms with Crippen LogP contribution in [0.3, 0.4) is 0 Å². The Morgan fingerprint density at radius 1 is 1.24 bits per heavy atom. The van der Waals surface area contributed by atoms with Crippen LogP contribution < -0.4 is 9.64 Å². The zero-order valence-corrected chi connectivity index (χ0v) is 17.0. The molecule has 29 heavy (non-hydrogen) atoms. The number of benzene rings is 1. The highest BCUT2D eigenvalue weighted by molar-refractivity contribution is 6.30. The Labute approximate surface area is 175 Å². The lowest BCUT2D eigenvalue weighted by Crippen LogP contribution is -2.55. The molecule has 2 aliphatic rings. The van der Waals surface area contributed by atoms with Gasteiger partial charge in [0.2, 0.25) is 0 Å². The van der Waals surface area contributed by atoms with E-state index in [0.717, 1.165) is 31.6 Å². The molecule has 0 aliphatic carbocycles. The van der Waals surface area contributed by atoms with E-state index in [9.17, 15) is 9.90 Å². The van der Waals surface area contributed by atoms with Crippen LogP contribution in [0.5, 0.6) is 5.75 Å². The van der Waals surface area contributed by atoms with E-state index in [1.807, 2.05) is 4.90 Å². The molecule has 1 atom stereocenters. The van der Waals surface area contributed by atoms with Gasteiger partial charge in [-0.1, -0.05) is 11.6 Å². The summed E-state index contributed by atoms with van der Waals surface area (Å²) in [5.41, 5.74) is -0.0109. The van der Waals surface area contributed by atoms with Crippen LogP contribution in [0.4, 0.5) is 5.82 Å². The van der Waals surface area contributed by atoms with Gasteiger partial charge >= 0.3 is 0 Å². The highest BCUT2D eigenvalue weighted by atomic mass is 35.5. The number of amides is 1. The molecule has 4 rings (SSSR count). The van der Waals surface area contributed by atoms with Crippen LogP contribution >= 0.6 is 11.6 Å². The van der Waals surface area contributed by atoms with E-state index < -0.39 is 6.10 Å². The van der Waals surface area contributed by atoms with Crippen LogP contribution in [0, 0.1) is 5.41 Å². The van der Waals surface area contributed by atoms with E-state index in [-0.39, 0.29) is 17.9 Å². The minimum absolute atomic E-state index is 0.0109. The number of hydrogen-bond donors (Lipinski definition) is 1. The minimum Gasteiger partial charge on any atom is -0.484 e. The van der Waals surface area contributed by atoms with Gasteiger partial charge in [0.05, 0.1) is 12.3 Å². The summed E-state index contributed by atoms with van der Waals surface area (Å²) in [5.74, 6) is 1.41. The fourth-order valence-electron chi connectivity index (χ4n) is 4.34. The van der Waals surface area contributed by atoms with Crippen LogP contribution in [0.15, 0.2) is 42.9 Å². The molecule has 1 amide bonds. The van der Waals surface area contributed by atoms with Crippen molar-refractivity contribution in [2.24, 2.45) is 5.41 Å². The molecule has 1 aromatic heterocycles. The first kappa shape index (κ1) is 19.9. The van der Waals surface area contributed by atoms with Gasteiger partial charge in [-0.05, 0) is 48.9 Å². The first-order chi connectivity index (χ1) is 14.0. The lowest BCUT2D eigenvalue weighted by molar-refractivity contribution is -0.136. The van der Waals surface area contributed by atoms with Crippen molar-refractivity contribution < 1.29 is 14.6 Å². The number of piperidine rings is 2. The van der Waals surface area contributed by atoms with Gasteiger partial charge in [0.1, 0.15) is 11.6 Å². The Balaban J connectivity index is 1.33. The summed E-state index contributed by atoms with van der Waals surface area (Å²) in [6, 6.07) is 6.99. The first-order valence-electron chi connectivity index (χ1n) is 9.88. The van der Waals surface area contributed by atoms with Crippen molar-refractivity contribution in [2.45, 2.75) is 25.4 Å². The summed E-state index contributed by atoms with van der Waals surface area (Å²) in [7, 11) is 0. The number of nitrogens with zero attached hydrogens (tertiary/aromatic N) is 4. The zero-order valence-electron chi connectivity index (χ0n) is 16.2. The topological polar surface area (TPSA) is 78.8 Å². The molecular formula is C21H25ClN4O3. The molecule has 154 valence electrons. The van der Waals surface area contributed by atoms with Gasteiger partial charge < -0.3 is 19.6 Å². The average Bonchev–Trinajstić information content (AvgIpc) is 2.74. The predicted molar refractivity (Wildman–Crippen MR) is 110 cm³/mol.